The number of likely N-dealkylation sites (N-methyl/N-ethyl adjacent to an activating group) is 1. The molecule has 4 N–H and O–H groups in total. The maximum Gasteiger partial charge on any atom is 0.414 e. The molecule has 13 heteroatoms. The number of aliphatic carboxylic acids is 4. The number of fused-ring (bicyclic) bond motifs is 1. The lowest BCUT2D eigenvalue weighted by atomic mass is 10.2. The van der Waals surface area contributed by atoms with Gasteiger partial charge in [-0.1, -0.05) is 19.1 Å². The standard InChI is InChI=1S/C19H21N5.2C2H2O4/c1-2-23-10-12-24(13-11-23)19-16-7-3-4-8-17(16)21-18(22-19)15-6-5-9-20-14-15;2*3-1(4)2(5)6/h3-9,14H,2,10-13H2,1H3;2*(H,3,4)(H,5,6). The number of anilines is 1. The maximum absolute atomic E-state index is 9.10. The van der Waals surface area contributed by atoms with E-state index >= 15 is 0 Å². The van der Waals surface area contributed by atoms with E-state index in [0.717, 1.165) is 60.8 Å². The van der Waals surface area contributed by atoms with Gasteiger partial charge in [0, 0.05) is 49.5 Å². The van der Waals surface area contributed by atoms with Crippen LogP contribution in [-0.2, 0) is 19.2 Å². The van der Waals surface area contributed by atoms with Gasteiger partial charge < -0.3 is 30.2 Å². The molecule has 190 valence electrons. The largest absolute Gasteiger partial charge is 0.473 e. The molecule has 0 unspecified atom stereocenters. The molecule has 1 aliphatic heterocycles. The van der Waals surface area contributed by atoms with Gasteiger partial charge in [-0.15, -0.1) is 0 Å². The Morgan fingerprint density at radius 1 is 0.806 bits per heavy atom. The molecule has 1 aliphatic rings. The van der Waals surface area contributed by atoms with E-state index in [9.17, 15) is 0 Å². The Morgan fingerprint density at radius 2 is 1.39 bits per heavy atom. The van der Waals surface area contributed by atoms with Gasteiger partial charge in [-0.05, 0) is 30.8 Å². The summed E-state index contributed by atoms with van der Waals surface area (Å²) >= 11 is 0. The topological polar surface area (TPSA) is 194 Å². The zero-order valence-electron chi connectivity index (χ0n) is 19.3. The predicted molar refractivity (Wildman–Crippen MR) is 128 cm³/mol. The molecule has 2 aromatic heterocycles. The molecule has 0 aliphatic carbocycles. The monoisotopic (exact) mass is 499 g/mol. The van der Waals surface area contributed by atoms with Crippen molar-refractivity contribution in [3.63, 3.8) is 0 Å². The fraction of sp³-hybridized carbons (Fsp3) is 0.261. The van der Waals surface area contributed by atoms with Gasteiger partial charge in [-0.25, -0.2) is 29.1 Å². The molecule has 0 atom stereocenters. The van der Waals surface area contributed by atoms with Gasteiger partial charge in [0.25, 0.3) is 0 Å². The summed E-state index contributed by atoms with van der Waals surface area (Å²) in [6.45, 7) is 7.49. The van der Waals surface area contributed by atoms with E-state index in [0.29, 0.717) is 0 Å². The Morgan fingerprint density at radius 3 is 1.89 bits per heavy atom. The van der Waals surface area contributed by atoms with Crippen LogP contribution < -0.4 is 4.90 Å². The van der Waals surface area contributed by atoms with Crippen LogP contribution >= 0.6 is 0 Å². The molecule has 0 saturated carbocycles. The van der Waals surface area contributed by atoms with Crippen molar-refractivity contribution in [3.8, 4) is 11.4 Å². The second kappa shape index (κ2) is 13.3. The highest BCUT2D eigenvalue weighted by Gasteiger charge is 2.20. The first-order chi connectivity index (χ1) is 17.1. The van der Waals surface area contributed by atoms with Crippen molar-refractivity contribution >= 4 is 40.6 Å². The first-order valence-corrected chi connectivity index (χ1v) is 10.7. The van der Waals surface area contributed by atoms with Crippen molar-refractivity contribution < 1.29 is 39.6 Å². The zero-order valence-corrected chi connectivity index (χ0v) is 19.3. The molecule has 0 amide bonds. The van der Waals surface area contributed by atoms with Gasteiger partial charge in [0.15, 0.2) is 5.82 Å². The second-order valence-corrected chi connectivity index (χ2v) is 7.27. The van der Waals surface area contributed by atoms with Crippen LogP contribution in [0.3, 0.4) is 0 Å². The lowest BCUT2D eigenvalue weighted by Gasteiger charge is -2.35. The number of hydrogen-bond donors (Lipinski definition) is 4. The number of para-hydroxylation sites is 1. The number of nitrogens with zero attached hydrogens (tertiary/aromatic N) is 5. The highest BCUT2D eigenvalue weighted by Crippen LogP contribution is 2.27. The van der Waals surface area contributed by atoms with Crippen LogP contribution in [0.2, 0.25) is 0 Å². The van der Waals surface area contributed by atoms with Crippen LogP contribution in [0.25, 0.3) is 22.3 Å². The second-order valence-electron chi connectivity index (χ2n) is 7.27. The molecule has 36 heavy (non-hydrogen) atoms. The lowest BCUT2D eigenvalue weighted by Crippen LogP contribution is -2.46. The predicted octanol–water partition coefficient (Wildman–Crippen LogP) is 1.14. The van der Waals surface area contributed by atoms with Gasteiger partial charge in [-0.3, -0.25) is 4.98 Å². The van der Waals surface area contributed by atoms with Crippen LogP contribution in [-0.4, -0.2) is 96.9 Å². The van der Waals surface area contributed by atoms with Crippen LogP contribution in [0.4, 0.5) is 5.82 Å². The van der Waals surface area contributed by atoms with Gasteiger partial charge in [0.05, 0.1) is 5.52 Å². The third-order valence-electron chi connectivity index (χ3n) is 4.99. The van der Waals surface area contributed by atoms with E-state index in [1.54, 1.807) is 6.20 Å². The van der Waals surface area contributed by atoms with E-state index < -0.39 is 23.9 Å². The summed E-state index contributed by atoms with van der Waals surface area (Å²) in [6.07, 6.45) is 3.60. The molecule has 3 heterocycles. The van der Waals surface area contributed by atoms with Crippen LogP contribution in [0.5, 0.6) is 0 Å². The third-order valence-corrected chi connectivity index (χ3v) is 4.99. The summed E-state index contributed by atoms with van der Waals surface area (Å²) in [5.41, 5.74) is 1.94. The molecule has 0 radical (unpaired) electrons. The summed E-state index contributed by atoms with van der Waals surface area (Å²) in [5.74, 6) is -5.51. The highest BCUT2D eigenvalue weighted by molar-refractivity contribution is 6.27. The van der Waals surface area contributed by atoms with Crippen molar-refractivity contribution in [2.24, 2.45) is 0 Å². The Labute approximate surface area is 205 Å². The van der Waals surface area contributed by atoms with Crippen molar-refractivity contribution in [1.82, 2.24) is 19.9 Å². The van der Waals surface area contributed by atoms with Crippen molar-refractivity contribution in [2.75, 3.05) is 37.6 Å². The Kier molecular flexibility index (Phi) is 10.2. The van der Waals surface area contributed by atoms with Crippen molar-refractivity contribution in [3.05, 3.63) is 48.8 Å². The lowest BCUT2D eigenvalue weighted by molar-refractivity contribution is -0.159. The quantitative estimate of drug-likeness (QED) is 0.375. The number of carboxylic acids is 4. The minimum Gasteiger partial charge on any atom is -0.473 e. The van der Waals surface area contributed by atoms with Crippen molar-refractivity contribution in [1.29, 1.82) is 0 Å². The van der Waals surface area contributed by atoms with Crippen LogP contribution in [0.1, 0.15) is 6.92 Å². The Hall–Kier alpha value is -4.65. The highest BCUT2D eigenvalue weighted by atomic mass is 16.4. The Bertz CT molecular complexity index is 1170. The Balaban J connectivity index is 0.000000319. The molecular weight excluding hydrogens is 474 g/mol. The van der Waals surface area contributed by atoms with E-state index in [4.69, 9.17) is 49.6 Å². The van der Waals surface area contributed by atoms with E-state index in [-0.39, 0.29) is 0 Å². The molecule has 0 spiro atoms. The molecule has 1 saturated heterocycles. The minimum absolute atomic E-state index is 0.745. The molecule has 13 nitrogen and oxygen atoms in total. The molecule has 1 aromatic carbocycles. The maximum atomic E-state index is 9.10. The summed E-state index contributed by atoms with van der Waals surface area (Å²) in [4.78, 5) is 55.1. The van der Waals surface area contributed by atoms with E-state index in [1.165, 1.54) is 0 Å². The number of carboxylic acid groups (broad SMARTS) is 4. The fourth-order valence-electron chi connectivity index (χ4n) is 3.20. The number of pyridine rings is 1. The number of benzene rings is 1. The van der Waals surface area contributed by atoms with Crippen LogP contribution in [0.15, 0.2) is 48.8 Å². The third kappa shape index (κ3) is 7.99. The first-order valence-electron chi connectivity index (χ1n) is 10.7. The van der Waals surface area contributed by atoms with Gasteiger partial charge in [0.1, 0.15) is 5.82 Å². The summed E-state index contributed by atoms with van der Waals surface area (Å²) in [7, 11) is 0. The van der Waals surface area contributed by atoms with Crippen LogP contribution in [0, 0.1) is 0 Å². The smallest absolute Gasteiger partial charge is 0.414 e. The van der Waals surface area contributed by atoms with Gasteiger partial charge in [-0.2, -0.15) is 0 Å². The average Bonchev–Trinajstić information content (AvgIpc) is 2.89. The fourth-order valence-corrected chi connectivity index (χ4v) is 3.20. The molecule has 4 rings (SSSR count). The van der Waals surface area contributed by atoms with Gasteiger partial charge in [0.2, 0.25) is 0 Å². The molecular formula is C23H25N5O8. The summed E-state index contributed by atoms with van der Waals surface area (Å²) < 4.78 is 0. The molecule has 1 fully saturated rings. The summed E-state index contributed by atoms with van der Waals surface area (Å²) in [6, 6.07) is 12.2. The zero-order chi connectivity index (χ0) is 26.7. The average molecular weight is 499 g/mol. The number of hydrogen-bond acceptors (Lipinski definition) is 9. The molecule has 3 aromatic rings. The van der Waals surface area contributed by atoms with Crippen molar-refractivity contribution in [2.45, 2.75) is 6.92 Å². The number of aromatic nitrogens is 3. The van der Waals surface area contributed by atoms with E-state index in [1.807, 2.05) is 24.4 Å². The van der Waals surface area contributed by atoms with E-state index in [2.05, 4.69) is 39.9 Å². The van der Waals surface area contributed by atoms with Gasteiger partial charge >= 0.3 is 23.9 Å². The minimum atomic E-state index is -1.82. The SMILES string of the molecule is CCN1CCN(c2nc(-c3cccnc3)nc3ccccc23)CC1.O=C(O)C(=O)O.O=C(O)C(=O)O. The normalized spacial score (nSPS) is 13.0. The molecule has 0 bridgehead atoms. The summed E-state index contributed by atoms with van der Waals surface area (Å²) in [5, 5.41) is 30.7. The number of piperazine rings is 1. The number of carbonyl (C=O) groups is 4. The first kappa shape index (κ1) is 27.6. The number of rotatable bonds is 3.